The number of pyridine rings is 1. The zero-order valence-corrected chi connectivity index (χ0v) is 18.6. The van der Waals surface area contributed by atoms with E-state index in [-0.39, 0.29) is 0 Å². The summed E-state index contributed by atoms with van der Waals surface area (Å²) in [5.74, 6) is -4.39. The Balaban J connectivity index is 1.50. The number of amides is 2. The molecule has 1 unspecified atom stereocenters. The van der Waals surface area contributed by atoms with Crippen LogP contribution >= 0.6 is 11.6 Å². The summed E-state index contributed by atoms with van der Waals surface area (Å²) < 4.78 is 27.2. The van der Waals surface area contributed by atoms with Gasteiger partial charge in [-0.05, 0) is 41.5 Å². The Morgan fingerprint density at radius 3 is 2.62 bits per heavy atom. The quantitative estimate of drug-likeness (QED) is 0.543. The number of fused-ring (bicyclic) bond motifs is 1. The summed E-state index contributed by atoms with van der Waals surface area (Å²) in [4.78, 5) is 30.3. The number of likely N-dealkylation sites (tertiary alicyclic amines) is 1. The van der Waals surface area contributed by atoms with Crippen molar-refractivity contribution < 1.29 is 18.4 Å². The highest BCUT2D eigenvalue weighted by Crippen LogP contribution is 2.31. The molecule has 3 aromatic rings. The van der Waals surface area contributed by atoms with Crippen molar-refractivity contribution in [3.8, 4) is 6.07 Å². The molecule has 1 atom stereocenters. The fourth-order valence-electron chi connectivity index (χ4n) is 3.78. The minimum absolute atomic E-state index is 0.295. The van der Waals surface area contributed by atoms with Gasteiger partial charge in [0.15, 0.2) is 0 Å². The van der Waals surface area contributed by atoms with E-state index in [4.69, 9.17) is 16.9 Å². The molecule has 1 fully saturated rings. The standard InChI is InChI=1S/C25H19ClF2N4O2/c26-18-6-3-16(4-7-18)1-2-17-5-8-22-21(11-17)20(9-10-30-22)24(34)31-14-23(33)32-15-25(27,28)12-19(32)13-29/h1-11,19H,12,14-15H2,(H,31,34)/b2-1+. The number of hydrogen-bond donors (Lipinski definition) is 1. The molecular weight excluding hydrogens is 462 g/mol. The largest absolute Gasteiger partial charge is 0.343 e. The van der Waals surface area contributed by atoms with Crippen molar-refractivity contribution in [2.24, 2.45) is 0 Å². The van der Waals surface area contributed by atoms with Crippen molar-refractivity contribution in [3.63, 3.8) is 0 Å². The Bertz CT molecular complexity index is 1320. The SMILES string of the molecule is N#CC1CC(F)(F)CN1C(=O)CNC(=O)c1ccnc2ccc(/C=C/c3ccc(Cl)cc3)cc12. The molecule has 2 amide bonds. The van der Waals surface area contributed by atoms with Crippen LogP contribution in [0.4, 0.5) is 8.78 Å². The molecular formula is C25H19ClF2N4O2. The number of carbonyl (C=O) groups is 2. The first kappa shape index (κ1) is 23.3. The maximum Gasteiger partial charge on any atom is 0.268 e. The monoisotopic (exact) mass is 480 g/mol. The molecule has 1 aliphatic rings. The van der Waals surface area contributed by atoms with Crippen molar-refractivity contribution in [1.82, 2.24) is 15.2 Å². The highest BCUT2D eigenvalue weighted by molar-refractivity contribution is 6.30. The number of nitrogens with zero attached hydrogens (tertiary/aromatic N) is 3. The van der Waals surface area contributed by atoms with Gasteiger partial charge in [0.1, 0.15) is 6.04 Å². The minimum Gasteiger partial charge on any atom is -0.343 e. The van der Waals surface area contributed by atoms with Gasteiger partial charge in [0.05, 0.1) is 30.2 Å². The van der Waals surface area contributed by atoms with Crippen LogP contribution in [0.3, 0.4) is 0 Å². The number of benzene rings is 2. The van der Waals surface area contributed by atoms with Gasteiger partial charge in [-0.3, -0.25) is 14.6 Å². The van der Waals surface area contributed by atoms with Crippen LogP contribution < -0.4 is 5.32 Å². The third-order valence-corrected chi connectivity index (χ3v) is 5.74. The fourth-order valence-corrected chi connectivity index (χ4v) is 3.90. The van der Waals surface area contributed by atoms with Crippen molar-refractivity contribution in [3.05, 3.63) is 76.4 Å². The van der Waals surface area contributed by atoms with E-state index in [2.05, 4.69) is 10.3 Å². The fraction of sp³-hybridized carbons (Fsp3) is 0.200. The van der Waals surface area contributed by atoms with Crippen molar-refractivity contribution in [2.45, 2.75) is 18.4 Å². The number of hydrogen-bond acceptors (Lipinski definition) is 4. The van der Waals surface area contributed by atoms with Gasteiger partial charge in [-0.2, -0.15) is 5.26 Å². The molecule has 0 bridgehead atoms. The lowest BCUT2D eigenvalue weighted by molar-refractivity contribution is -0.131. The Morgan fingerprint density at radius 2 is 1.88 bits per heavy atom. The van der Waals surface area contributed by atoms with E-state index in [9.17, 15) is 18.4 Å². The predicted octanol–water partition coefficient (Wildman–Crippen LogP) is 4.55. The third-order valence-electron chi connectivity index (χ3n) is 5.49. The van der Waals surface area contributed by atoms with Gasteiger partial charge in [0, 0.05) is 23.0 Å². The van der Waals surface area contributed by atoms with Crippen molar-refractivity contribution in [2.75, 3.05) is 13.1 Å². The van der Waals surface area contributed by atoms with Crippen LogP contribution in [0.5, 0.6) is 0 Å². The third kappa shape index (κ3) is 5.21. The second-order valence-corrected chi connectivity index (χ2v) is 8.37. The molecule has 6 nitrogen and oxygen atoms in total. The van der Waals surface area contributed by atoms with E-state index in [0.29, 0.717) is 21.5 Å². The number of alkyl halides is 2. The summed E-state index contributed by atoms with van der Waals surface area (Å²) in [5, 5.41) is 12.8. The first-order valence-corrected chi connectivity index (χ1v) is 10.8. The summed E-state index contributed by atoms with van der Waals surface area (Å²) in [6.07, 6.45) is 4.57. The van der Waals surface area contributed by atoms with Crippen LogP contribution in [0.1, 0.15) is 27.9 Å². The van der Waals surface area contributed by atoms with Gasteiger partial charge < -0.3 is 10.2 Å². The normalized spacial score (nSPS) is 17.1. The van der Waals surface area contributed by atoms with E-state index >= 15 is 0 Å². The number of nitriles is 1. The zero-order chi connectivity index (χ0) is 24.3. The van der Waals surface area contributed by atoms with Crippen LogP contribution in [-0.4, -0.2) is 46.8 Å². The average Bonchev–Trinajstić information content (AvgIpc) is 3.16. The number of nitrogens with one attached hydrogen (secondary N) is 1. The van der Waals surface area contributed by atoms with Gasteiger partial charge in [-0.15, -0.1) is 0 Å². The molecule has 1 N–H and O–H groups in total. The van der Waals surface area contributed by atoms with E-state index in [0.717, 1.165) is 16.0 Å². The molecule has 2 heterocycles. The summed E-state index contributed by atoms with van der Waals surface area (Å²) in [6, 6.07) is 14.8. The number of rotatable bonds is 5. The van der Waals surface area contributed by atoms with Crippen LogP contribution in [0.15, 0.2) is 54.7 Å². The highest BCUT2D eigenvalue weighted by atomic mass is 35.5. The Morgan fingerprint density at radius 1 is 1.18 bits per heavy atom. The van der Waals surface area contributed by atoms with E-state index in [1.54, 1.807) is 30.3 Å². The maximum absolute atomic E-state index is 13.6. The van der Waals surface area contributed by atoms with E-state index < -0.39 is 43.3 Å². The maximum atomic E-state index is 13.6. The highest BCUT2D eigenvalue weighted by Gasteiger charge is 2.47. The molecule has 0 spiro atoms. The number of carbonyl (C=O) groups excluding carboxylic acids is 2. The first-order chi connectivity index (χ1) is 16.3. The lowest BCUT2D eigenvalue weighted by atomic mass is 10.0. The minimum atomic E-state index is -3.11. The Hall–Kier alpha value is -3.83. The molecule has 2 aromatic carbocycles. The second kappa shape index (κ2) is 9.57. The van der Waals surface area contributed by atoms with Crippen LogP contribution in [0.25, 0.3) is 23.1 Å². The van der Waals surface area contributed by atoms with Crippen molar-refractivity contribution in [1.29, 1.82) is 5.26 Å². The lowest BCUT2D eigenvalue weighted by Crippen LogP contribution is -2.43. The lowest BCUT2D eigenvalue weighted by Gasteiger charge is -2.19. The average molecular weight is 481 g/mol. The van der Waals surface area contributed by atoms with Gasteiger partial charge in [0.2, 0.25) is 5.91 Å². The molecule has 0 saturated carbocycles. The zero-order valence-electron chi connectivity index (χ0n) is 17.8. The smallest absolute Gasteiger partial charge is 0.268 e. The molecule has 4 rings (SSSR count). The first-order valence-electron chi connectivity index (χ1n) is 10.4. The topological polar surface area (TPSA) is 86.1 Å². The summed E-state index contributed by atoms with van der Waals surface area (Å²) >= 11 is 5.91. The van der Waals surface area contributed by atoms with Gasteiger partial charge >= 0.3 is 0 Å². The molecule has 1 aromatic heterocycles. The van der Waals surface area contributed by atoms with Gasteiger partial charge in [-0.1, -0.05) is 42.0 Å². The summed E-state index contributed by atoms with van der Waals surface area (Å²) in [6.45, 7) is -1.32. The predicted molar refractivity (Wildman–Crippen MR) is 125 cm³/mol. The molecule has 0 aliphatic carbocycles. The van der Waals surface area contributed by atoms with E-state index in [1.165, 1.54) is 12.3 Å². The van der Waals surface area contributed by atoms with E-state index in [1.807, 2.05) is 30.4 Å². The molecule has 1 aliphatic heterocycles. The molecule has 0 radical (unpaired) electrons. The second-order valence-electron chi connectivity index (χ2n) is 7.93. The molecule has 1 saturated heterocycles. The van der Waals surface area contributed by atoms with Crippen molar-refractivity contribution >= 4 is 46.5 Å². The number of halogens is 3. The Kier molecular flexibility index (Phi) is 6.57. The van der Waals surface area contributed by atoms with Crippen LogP contribution in [-0.2, 0) is 4.79 Å². The summed E-state index contributed by atoms with van der Waals surface area (Å²) in [5.41, 5.74) is 2.67. The van der Waals surface area contributed by atoms with Gasteiger partial charge in [-0.25, -0.2) is 8.78 Å². The number of aromatic nitrogens is 1. The van der Waals surface area contributed by atoms with Crippen LogP contribution in [0.2, 0.25) is 5.02 Å². The van der Waals surface area contributed by atoms with Crippen LogP contribution in [0, 0.1) is 11.3 Å². The Labute approximate surface area is 199 Å². The molecule has 9 heteroatoms. The molecule has 34 heavy (non-hydrogen) atoms. The molecule has 172 valence electrons. The van der Waals surface area contributed by atoms with Gasteiger partial charge in [0.25, 0.3) is 11.8 Å². The summed E-state index contributed by atoms with van der Waals surface area (Å²) in [7, 11) is 0.